The molecule has 112 valence electrons. The number of nitrogens with two attached hydrogens (primary N) is 1. The summed E-state index contributed by atoms with van der Waals surface area (Å²) in [6.45, 7) is 2.57. The molecule has 1 aliphatic heterocycles. The van der Waals surface area contributed by atoms with Gasteiger partial charge < -0.3 is 15.4 Å². The van der Waals surface area contributed by atoms with Gasteiger partial charge in [0.25, 0.3) is 0 Å². The Kier molecular flexibility index (Phi) is 6.30. The zero-order valence-corrected chi connectivity index (χ0v) is 12.9. The molecule has 1 aromatic rings. The summed E-state index contributed by atoms with van der Waals surface area (Å²) in [6, 6.07) is 7.81. The number of hydrogen-bond acceptors (Lipinski definition) is 3. The minimum absolute atomic E-state index is 0. The van der Waals surface area contributed by atoms with Gasteiger partial charge in [-0.2, -0.15) is 0 Å². The zero-order valence-electron chi connectivity index (χ0n) is 12.0. The first kappa shape index (κ1) is 16.8. The minimum atomic E-state index is -0.418. The predicted octanol–water partition coefficient (Wildman–Crippen LogP) is 2.00. The summed E-state index contributed by atoms with van der Waals surface area (Å²) >= 11 is 0. The largest absolute Gasteiger partial charge is 0.496 e. The van der Waals surface area contributed by atoms with Crippen LogP contribution in [0.15, 0.2) is 24.3 Å². The fraction of sp³-hybridized carbons (Fsp3) is 0.533. The summed E-state index contributed by atoms with van der Waals surface area (Å²) in [5.74, 6) is 0.944. The van der Waals surface area contributed by atoms with Crippen LogP contribution in [0.4, 0.5) is 0 Å². The Bertz CT molecular complexity index is 451. The summed E-state index contributed by atoms with van der Waals surface area (Å²) in [4.78, 5) is 14.0. The number of hydrogen-bond donors (Lipinski definition) is 1. The van der Waals surface area contributed by atoms with E-state index >= 15 is 0 Å². The molecule has 20 heavy (non-hydrogen) atoms. The first-order valence-corrected chi connectivity index (χ1v) is 6.81. The maximum atomic E-state index is 12.1. The van der Waals surface area contributed by atoms with E-state index in [2.05, 4.69) is 6.07 Å². The van der Waals surface area contributed by atoms with Gasteiger partial charge in [0.15, 0.2) is 0 Å². The standard InChI is InChI=1S/C15H22N2O2.ClH/c1-11(16)15(18)17-9-5-7-13(17)10-12-6-3-4-8-14(12)19-2;/h3-4,6,8,11,13H,5,7,9-10,16H2,1-2H3;1H/t11-,13?;/m1./s1. The van der Waals surface area contributed by atoms with E-state index in [4.69, 9.17) is 10.5 Å². The van der Waals surface area contributed by atoms with Gasteiger partial charge in [-0.25, -0.2) is 0 Å². The highest BCUT2D eigenvalue weighted by atomic mass is 35.5. The molecule has 0 spiro atoms. The number of carbonyl (C=O) groups is 1. The maximum Gasteiger partial charge on any atom is 0.239 e. The molecule has 1 amide bonds. The van der Waals surface area contributed by atoms with Crippen LogP contribution in [0.5, 0.6) is 5.75 Å². The lowest BCUT2D eigenvalue weighted by Gasteiger charge is -2.26. The highest BCUT2D eigenvalue weighted by molar-refractivity contribution is 5.85. The molecule has 5 heteroatoms. The van der Waals surface area contributed by atoms with Crippen molar-refractivity contribution < 1.29 is 9.53 Å². The van der Waals surface area contributed by atoms with Crippen LogP contribution in [-0.4, -0.2) is 36.5 Å². The molecule has 1 fully saturated rings. The summed E-state index contributed by atoms with van der Waals surface area (Å²) < 4.78 is 5.37. The van der Waals surface area contributed by atoms with E-state index in [1.165, 1.54) is 0 Å². The van der Waals surface area contributed by atoms with Gasteiger partial charge in [-0.15, -0.1) is 12.4 Å². The number of benzene rings is 1. The Labute approximate surface area is 126 Å². The highest BCUT2D eigenvalue weighted by Crippen LogP contribution is 2.26. The van der Waals surface area contributed by atoms with Crippen molar-refractivity contribution in [1.82, 2.24) is 4.90 Å². The number of likely N-dealkylation sites (tertiary alicyclic amines) is 1. The molecule has 0 aliphatic carbocycles. The Morgan fingerprint density at radius 3 is 2.85 bits per heavy atom. The molecule has 0 saturated carbocycles. The fourth-order valence-electron chi connectivity index (χ4n) is 2.73. The van der Waals surface area contributed by atoms with Crippen molar-refractivity contribution in [2.24, 2.45) is 5.73 Å². The number of nitrogens with zero attached hydrogens (tertiary/aromatic N) is 1. The second-order valence-electron chi connectivity index (χ2n) is 5.13. The Balaban J connectivity index is 0.00000200. The molecule has 1 saturated heterocycles. The summed E-state index contributed by atoms with van der Waals surface area (Å²) in [5.41, 5.74) is 6.86. The number of amides is 1. The van der Waals surface area contributed by atoms with Crippen LogP contribution in [-0.2, 0) is 11.2 Å². The summed E-state index contributed by atoms with van der Waals surface area (Å²) in [7, 11) is 1.68. The Morgan fingerprint density at radius 1 is 1.50 bits per heavy atom. The molecule has 0 radical (unpaired) electrons. The van der Waals surface area contributed by atoms with Gasteiger partial charge in [-0.1, -0.05) is 18.2 Å². The van der Waals surface area contributed by atoms with Gasteiger partial charge in [0.05, 0.1) is 13.2 Å². The van der Waals surface area contributed by atoms with E-state index in [1.54, 1.807) is 14.0 Å². The molecule has 1 aromatic carbocycles. The average Bonchev–Trinajstić information content (AvgIpc) is 2.86. The van der Waals surface area contributed by atoms with Gasteiger partial charge in [0, 0.05) is 12.6 Å². The van der Waals surface area contributed by atoms with E-state index in [0.717, 1.165) is 37.1 Å². The van der Waals surface area contributed by atoms with E-state index in [1.807, 2.05) is 23.1 Å². The van der Waals surface area contributed by atoms with Crippen LogP contribution in [0.2, 0.25) is 0 Å². The van der Waals surface area contributed by atoms with Gasteiger partial charge in [-0.05, 0) is 37.8 Å². The third kappa shape index (κ3) is 3.64. The SMILES string of the molecule is COc1ccccc1CC1CCCN1C(=O)[C@@H](C)N.Cl. The van der Waals surface area contributed by atoms with Crippen molar-refractivity contribution in [3.63, 3.8) is 0 Å². The second-order valence-corrected chi connectivity index (χ2v) is 5.13. The molecule has 0 aromatic heterocycles. The molecule has 1 unspecified atom stereocenters. The first-order chi connectivity index (χ1) is 9.13. The van der Waals surface area contributed by atoms with Crippen LogP contribution in [0.25, 0.3) is 0 Å². The maximum absolute atomic E-state index is 12.1. The average molecular weight is 299 g/mol. The normalized spacial score (nSPS) is 19.4. The van der Waals surface area contributed by atoms with Crippen LogP contribution < -0.4 is 10.5 Å². The molecule has 1 aliphatic rings. The van der Waals surface area contributed by atoms with Gasteiger partial charge in [0.2, 0.25) is 5.91 Å². The number of ether oxygens (including phenoxy) is 1. The van der Waals surface area contributed by atoms with Crippen LogP contribution in [0.1, 0.15) is 25.3 Å². The topological polar surface area (TPSA) is 55.6 Å². The van der Waals surface area contributed by atoms with Crippen molar-refractivity contribution in [2.45, 2.75) is 38.3 Å². The Morgan fingerprint density at radius 2 is 2.20 bits per heavy atom. The molecule has 0 bridgehead atoms. The van der Waals surface area contributed by atoms with Crippen molar-refractivity contribution in [1.29, 1.82) is 0 Å². The van der Waals surface area contributed by atoms with Crippen LogP contribution in [0.3, 0.4) is 0 Å². The van der Waals surface area contributed by atoms with E-state index in [-0.39, 0.29) is 24.4 Å². The second kappa shape index (κ2) is 7.50. The summed E-state index contributed by atoms with van der Waals surface area (Å²) in [5, 5.41) is 0. The molecule has 2 N–H and O–H groups in total. The van der Waals surface area contributed by atoms with Crippen LogP contribution >= 0.6 is 12.4 Å². The number of rotatable bonds is 4. The fourth-order valence-corrected chi connectivity index (χ4v) is 2.73. The van der Waals surface area contributed by atoms with Crippen LogP contribution in [0, 0.1) is 0 Å². The monoisotopic (exact) mass is 298 g/mol. The lowest BCUT2D eigenvalue weighted by molar-refractivity contribution is -0.132. The van der Waals surface area contributed by atoms with Gasteiger partial charge >= 0.3 is 0 Å². The van der Waals surface area contributed by atoms with E-state index in [9.17, 15) is 4.79 Å². The van der Waals surface area contributed by atoms with E-state index in [0.29, 0.717) is 0 Å². The molecular formula is C15H23ClN2O2. The molecule has 1 heterocycles. The molecule has 2 rings (SSSR count). The highest BCUT2D eigenvalue weighted by Gasteiger charge is 2.30. The van der Waals surface area contributed by atoms with Crippen molar-refractivity contribution in [2.75, 3.05) is 13.7 Å². The smallest absolute Gasteiger partial charge is 0.239 e. The van der Waals surface area contributed by atoms with Crippen molar-refractivity contribution in [3.05, 3.63) is 29.8 Å². The number of carbonyl (C=O) groups excluding carboxylic acids is 1. The quantitative estimate of drug-likeness (QED) is 0.925. The van der Waals surface area contributed by atoms with E-state index < -0.39 is 6.04 Å². The third-order valence-corrected chi connectivity index (χ3v) is 3.70. The third-order valence-electron chi connectivity index (χ3n) is 3.70. The number of methoxy groups -OCH3 is 1. The summed E-state index contributed by atoms with van der Waals surface area (Å²) in [6.07, 6.45) is 2.93. The van der Waals surface area contributed by atoms with Crippen molar-refractivity contribution >= 4 is 18.3 Å². The van der Waals surface area contributed by atoms with Crippen molar-refractivity contribution in [3.8, 4) is 5.75 Å². The lowest BCUT2D eigenvalue weighted by Crippen LogP contribution is -2.45. The lowest BCUT2D eigenvalue weighted by atomic mass is 10.0. The number of halogens is 1. The molecule has 2 atom stereocenters. The first-order valence-electron chi connectivity index (χ1n) is 6.81. The Hall–Kier alpha value is -1.26. The van der Waals surface area contributed by atoms with Gasteiger partial charge in [-0.3, -0.25) is 4.79 Å². The molecular weight excluding hydrogens is 276 g/mol. The minimum Gasteiger partial charge on any atom is -0.496 e. The predicted molar refractivity (Wildman–Crippen MR) is 82.3 cm³/mol. The molecule has 4 nitrogen and oxygen atoms in total. The van der Waals surface area contributed by atoms with Gasteiger partial charge in [0.1, 0.15) is 5.75 Å². The zero-order chi connectivity index (χ0) is 13.8. The number of para-hydroxylation sites is 1.